The predicted molar refractivity (Wildman–Crippen MR) is 128 cm³/mol. The zero-order valence-electron chi connectivity index (χ0n) is 18.9. The Hall–Kier alpha value is -3.61. The minimum Gasteiger partial charge on any atom is -0.462 e. The normalized spacial score (nSPS) is 12.7. The van der Waals surface area contributed by atoms with Gasteiger partial charge >= 0.3 is 12.0 Å². The van der Waals surface area contributed by atoms with E-state index >= 15 is 0 Å². The van der Waals surface area contributed by atoms with Gasteiger partial charge in [0.2, 0.25) is 0 Å². The second kappa shape index (κ2) is 10.6. The summed E-state index contributed by atoms with van der Waals surface area (Å²) in [5.74, 6) is 0.109. The number of urea groups is 1. The van der Waals surface area contributed by atoms with Crippen molar-refractivity contribution < 1.29 is 14.3 Å². The Kier molecular flexibility index (Phi) is 7.65. The molecule has 1 aliphatic heterocycles. The molecule has 7 heteroatoms. The molecular formula is C25H30N4O3. The first-order valence-corrected chi connectivity index (χ1v) is 11.0. The molecule has 0 unspecified atom stereocenters. The van der Waals surface area contributed by atoms with Crippen molar-refractivity contribution in [2.45, 2.75) is 33.6 Å². The molecule has 0 saturated carbocycles. The lowest BCUT2D eigenvalue weighted by Crippen LogP contribution is -2.28. The number of unbranched alkanes of at least 4 members (excludes halogenated alkanes) is 1. The van der Waals surface area contributed by atoms with E-state index < -0.39 is 0 Å². The molecule has 0 spiro atoms. The largest absolute Gasteiger partial charge is 0.462 e. The zero-order chi connectivity index (χ0) is 23.1. The van der Waals surface area contributed by atoms with E-state index in [0.717, 1.165) is 41.8 Å². The number of carbonyl (C=O) groups excluding carboxylic acids is 2. The average Bonchev–Trinajstić information content (AvgIpc) is 2.79. The van der Waals surface area contributed by atoms with Gasteiger partial charge in [0.05, 0.1) is 12.2 Å². The molecule has 1 aromatic heterocycles. The van der Waals surface area contributed by atoms with Gasteiger partial charge in [-0.1, -0.05) is 26.0 Å². The number of nitrogens with one attached hydrogen (secondary N) is 2. The van der Waals surface area contributed by atoms with Gasteiger partial charge in [-0.3, -0.25) is 5.32 Å². The number of rotatable bonds is 8. The van der Waals surface area contributed by atoms with Gasteiger partial charge < -0.3 is 15.0 Å². The van der Waals surface area contributed by atoms with Crippen molar-refractivity contribution in [2.24, 2.45) is 0 Å². The number of hydrogen-bond acceptors (Lipinski definition) is 5. The number of anilines is 2. The molecule has 0 saturated heterocycles. The number of carbonyl (C=O) groups is 2. The van der Waals surface area contributed by atoms with Gasteiger partial charge in [-0.25, -0.2) is 14.6 Å². The summed E-state index contributed by atoms with van der Waals surface area (Å²) in [7, 11) is 0. The van der Waals surface area contributed by atoms with Gasteiger partial charge in [0.1, 0.15) is 5.82 Å². The molecule has 0 bridgehead atoms. The second-order valence-corrected chi connectivity index (χ2v) is 7.44. The second-order valence-electron chi connectivity index (χ2n) is 7.44. The number of hydrogen-bond donors (Lipinski definition) is 2. The van der Waals surface area contributed by atoms with Crippen molar-refractivity contribution in [1.29, 1.82) is 0 Å². The fraction of sp³-hybridized carbons (Fsp3) is 0.320. The standard InChI is InChI=1S/C25H30N4O3/c1-5-8-13-29-16-21(24(30)32-7-3)17(4)20-14-18(9-11-22(20)29)19-10-12-23(27-15-19)28-25(31)26-6-2/h9-12,14-16H,4-8,13H2,1-3H3,(H2,26,27,28,31). The molecule has 168 valence electrons. The van der Waals surface area contributed by atoms with Crippen molar-refractivity contribution in [3.63, 3.8) is 0 Å². The minimum atomic E-state index is -0.363. The zero-order valence-corrected chi connectivity index (χ0v) is 18.9. The molecular weight excluding hydrogens is 404 g/mol. The van der Waals surface area contributed by atoms with Crippen molar-refractivity contribution in [3.05, 3.63) is 60.4 Å². The molecule has 0 aliphatic carbocycles. The first-order valence-electron chi connectivity index (χ1n) is 11.0. The summed E-state index contributed by atoms with van der Waals surface area (Å²) >= 11 is 0. The lowest BCUT2D eigenvalue weighted by Gasteiger charge is -2.30. The third-order valence-electron chi connectivity index (χ3n) is 5.16. The Morgan fingerprint density at radius 1 is 1.12 bits per heavy atom. The summed E-state index contributed by atoms with van der Waals surface area (Å²) < 4.78 is 5.25. The van der Waals surface area contributed by atoms with Crippen LogP contribution in [0.5, 0.6) is 0 Å². The number of aromatic nitrogens is 1. The van der Waals surface area contributed by atoms with Crippen LogP contribution >= 0.6 is 0 Å². The van der Waals surface area contributed by atoms with E-state index in [4.69, 9.17) is 4.74 Å². The summed E-state index contributed by atoms with van der Waals surface area (Å²) in [6.07, 6.45) is 5.62. The summed E-state index contributed by atoms with van der Waals surface area (Å²) in [5, 5.41) is 5.37. The van der Waals surface area contributed by atoms with Gasteiger partial charge in [0.15, 0.2) is 0 Å². The molecule has 0 fully saturated rings. The molecule has 1 aliphatic rings. The summed E-state index contributed by atoms with van der Waals surface area (Å²) in [4.78, 5) is 30.7. The topological polar surface area (TPSA) is 83.6 Å². The Balaban J connectivity index is 1.91. The van der Waals surface area contributed by atoms with Crippen LogP contribution in [0.1, 0.15) is 39.2 Å². The highest BCUT2D eigenvalue weighted by Crippen LogP contribution is 2.39. The molecule has 0 atom stereocenters. The van der Waals surface area contributed by atoms with E-state index in [-0.39, 0.29) is 12.0 Å². The third kappa shape index (κ3) is 5.17. The Morgan fingerprint density at radius 2 is 1.91 bits per heavy atom. The van der Waals surface area contributed by atoms with Crippen LogP contribution < -0.4 is 15.5 Å². The third-order valence-corrected chi connectivity index (χ3v) is 5.16. The highest BCUT2D eigenvalue weighted by molar-refractivity contribution is 6.09. The van der Waals surface area contributed by atoms with Crippen LogP contribution in [-0.2, 0) is 9.53 Å². The van der Waals surface area contributed by atoms with Crippen molar-refractivity contribution in [3.8, 4) is 11.1 Å². The van der Waals surface area contributed by atoms with Gasteiger partial charge in [0, 0.05) is 42.3 Å². The van der Waals surface area contributed by atoms with Crippen molar-refractivity contribution >= 4 is 29.1 Å². The van der Waals surface area contributed by atoms with E-state index in [0.29, 0.717) is 30.1 Å². The maximum Gasteiger partial charge on any atom is 0.340 e. The van der Waals surface area contributed by atoms with E-state index in [2.05, 4.69) is 34.0 Å². The van der Waals surface area contributed by atoms with Crippen LogP contribution in [0.15, 0.2) is 54.9 Å². The van der Waals surface area contributed by atoms with Gasteiger partial charge in [-0.05, 0) is 55.7 Å². The lowest BCUT2D eigenvalue weighted by molar-refractivity contribution is -0.138. The van der Waals surface area contributed by atoms with E-state index in [1.807, 2.05) is 37.4 Å². The number of ether oxygens (including phenoxy) is 1. The van der Waals surface area contributed by atoms with Crippen LogP contribution in [-0.4, -0.2) is 36.7 Å². The van der Waals surface area contributed by atoms with E-state index in [9.17, 15) is 9.59 Å². The molecule has 1 aromatic carbocycles. The van der Waals surface area contributed by atoms with Crippen LogP contribution in [0.4, 0.5) is 16.3 Å². The minimum absolute atomic E-state index is 0.289. The maximum atomic E-state index is 12.5. The number of pyridine rings is 1. The molecule has 2 aromatic rings. The van der Waals surface area contributed by atoms with Crippen LogP contribution in [0.25, 0.3) is 16.7 Å². The smallest absolute Gasteiger partial charge is 0.340 e. The molecule has 32 heavy (non-hydrogen) atoms. The van der Waals surface area contributed by atoms with Crippen molar-refractivity contribution in [1.82, 2.24) is 10.3 Å². The number of amides is 2. The summed E-state index contributed by atoms with van der Waals surface area (Å²) in [5.41, 5.74) is 4.89. The fourth-order valence-electron chi connectivity index (χ4n) is 3.51. The Morgan fingerprint density at radius 3 is 2.56 bits per heavy atom. The number of nitrogens with zero attached hydrogens (tertiary/aromatic N) is 2. The van der Waals surface area contributed by atoms with Crippen LogP contribution in [0.3, 0.4) is 0 Å². The van der Waals surface area contributed by atoms with E-state index in [1.54, 1.807) is 19.2 Å². The van der Waals surface area contributed by atoms with Crippen LogP contribution in [0.2, 0.25) is 0 Å². The number of fused-ring (bicyclic) bond motifs is 1. The molecule has 7 nitrogen and oxygen atoms in total. The Bertz CT molecular complexity index is 1030. The molecule has 2 amide bonds. The summed E-state index contributed by atoms with van der Waals surface area (Å²) in [6.45, 7) is 11.6. The monoisotopic (exact) mass is 434 g/mol. The molecule has 2 heterocycles. The highest BCUT2D eigenvalue weighted by Gasteiger charge is 2.26. The van der Waals surface area contributed by atoms with E-state index in [1.165, 1.54) is 0 Å². The molecule has 0 radical (unpaired) electrons. The quantitative estimate of drug-likeness (QED) is 0.573. The Labute approximate surface area is 189 Å². The first-order chi connectivity index (χ1) is 15.5. The lowest BCUT2D eigenvalue weighted by atomic mass is 9.91. The van der Waals surface area contributed by atoms with Crippen molar-refractivity contribution in [2.75, 3.05) is 29.9 Å². The van der Waals surface area contributed by atoms with Gasteiger partial charge in [0.25, 0.3) is 0 Å². The average molecular weight is 435 g/mol. The fourth-order valence-corrected chi connectivity index (χ4v) is 3.51. The van der Waals surface area contributed by atoms with Crippen LogP contribution in [0, 0.1) is 0 Å². The molecule has 3 rings (SSSR count). The van der Waals surface area contributed by atoms with Gasteiger partial charge in [-0.15, -0.1) is 0 Å². The highest BCUT2D eigenvalue weighted by atomic mass is 16.5. The number of esters is 1. The summed E-state index contributed by atoms with van der Waals surface area (Å²) in [6, 6.07) is 9.47. The molecule has 2 N–H and O–H groups in total. The van der Waals surface area contributed by atoms with Gasteiger partial charge in [-0.2, -0.15) is 0 Å². The first kappa shape index (κ1) is 23.1. The number of benzene rings is 1. The SMILES string of the molecule is C=C1C(C(=O)OCC)=CN(CCCC)c2ccc(-c3ccc(NC(=O)NCC)nc3)cc21. The predicted octanol–water partition coefficient (Wildman–Crippen LogP) is 4.97. The maximum absolute atomic E-state index is 12.5.